The van der Waals surface area contributed by atoms with Crippen LogP contribution in [0.1, 0.15) is 83.1 Å². The van der Waals surface area contributed by atoms with E-state index >= 15 is 0 Å². The average Bonchev–Trinajstić information content (AvgIpc) is 2.35. The van der Waals surface area contributed by atoms with Gasteiger partial charge >= 0.3 is 0 Å². The molecule has 0 aromatic heterocycles. The summed E-state index contributed by atoms with van der Waals surface area (Å²) in [5.74, 6) is 0. The topological polar surface area (TPSA) is 24.1 Å². The molecule has 0 spiro atoms. The Morgan fingerprint density at radius 2 is 0.625 bits per heavy atom. The van der Waals surface area contributed by atoms with Crippen LogP contribution in [0.3, 0.4) is 0 Å². The molecule has 0 heterocycles. The van der Waals surface area contributed by atoms with Gasteiger partial charge in [0.1, 0.15) is 0 Å². The quantitative estimate of drug-likeness (QED) is 0.550. The van der Waals surface area contributed by atoms with Crippen molar-refractivity contribution in [2.45, 2.75) is 115 Å². The number of nitrogens with one attached hydrogen (secondary N) is 2. The van der Waals surface area contributed by atoms with Gasteiger partial charge in [-0.2, -0.15) is 23.5 Å². The van der Waals surface area contributed by atoms with Crippen LogP contribution in [0, 0.1) is 0 Å². The van der Waals surface area contributed by atoms with E-state index in [4.69, 9.17) is 0 Å². The largest absolute Gasteiger partial charge is 0.304 e. The first-order valence-corrected chi connectivity index (χ1v) is 11.4. The first kappa shape index (κ1) is 24.6. The first-order valence-electron chi connectivity index (χ1n) is 8.97. The fraction of sp³-hybridized carbons (Fsp3) is 1.00. The molecule has 0 rings (SSSR count). The number of hydrogen-bond acceptors (Lipinski definition) is 4. The highest BCUT2D eigenvalue weighted by molar-refractivity contribution is 8.00. The van der Waals surface area contributed by atoms with Crippen molar-refractivity contribution in [2.75, 3.05) is 12.5 Å². The van der Waals surface area contributed by atoms with Gasteiger partial charge in [-0.05, 0) is 95.6 Å². The second-order valence-electron chi connectivity index (χ2n) is 10.2. The van der Waals surface area contributed by atoms with Crippen LogP contribution >= 0.6 is 23.5 Å². The molecule has 0 bridgehead atoms. The minimum absolute atomic E-state index is 0.00797. The molecule has 0 atom stereocenters. The highest BCUT2D eigenvalue weighted by atomic mass is 32.2. The Morgan fingerprint density at radius 1 is 0.417 bits per heavy atom. The Hall–Kier alpha value is 0.620. The minimum atomic E-state index is -0.0741. The maximum atomic E-state index is 3.97. The lowest BCUT2D eigenvalue weighted by atomic mass is 9.75. The first-order chi connectivity index (χ1) is 10.3. The van der Waals surface area contributed by atoms with Gasteiger partial charge in [-0.3, -0.25) is 0 Å². The zero-order chi connectivity index (χ0) is 19.8. The van der Waals surface area contributed by atoms with Crippen molar-refractivity contribution in [3.63, 3.8) is 0 Å². The molecular weight excluding hydrogens is 332 g/mol. The van der Waals surface area contributed by atoms with Crippen LogP contribution < -0.4 is 10.6 Å². The highest BCUT2D eigenvalue weighted by Gasteiger charge is 2.49. The lowest BCUT2D eigenvalue weighted by molar-refractivity contribution is 0.0979. The summed E-state index contributed by atoms with van der Waals surface area (Å²) in [4.78, 5) is 0. The SMILES string of the molecule is CSC(C)(C)C(C)(C)NC(C)(C)C(C)(C)NC(C)(C)C(C)(C)SC. The van der Waals surface area contributed by atoms with E-state index in [0.29, 0.717) is 0 Å². The van der Waals surface area contributed by atoms with Crippen LogP contribution in [0.2, 0.25) is 0 Å². The van der Waals surface area contributed by atoms with Gasteiger partial charge in [-0.25, -0.2) is 0 Å². The molecule has 0 aliphatic carbocycles. The molecule has 0 aromatic carbocycles. The molecule has 0 saturated carbocycles. The fourth-order valence-corrected chi connectivity index (χ4v) is 3.81. The highest BCUT2D eigenvalue weighted by Crippen LogP contribution is 2.39. The maximum absolute atomic E-state index is 3.97. The third-order valence-electron chi connectivity index (χ3n) is 6.84. The third-order valence-corrected chi connectivity index (χ3v) is 9.91. The molecule has 0 unspecified atom stereocenters. The monoisotopic (exact) mass is 376 g/mol. The molecule has 4 heteroatoms. The van der Waals surface area contributed by atoms with E-state index in [2.05, 4.69) is 106 Å². The fourth-order valence-electron chi connectivity index (χ4n) is 2.69. The zero-order valence-electron chi connectivity index (χ0n) is 18.8. The molecule has 0 radical (unpaired) electrons. The van der Waals surface area contributed by atoms with Crippen LogP contribution in [0.15, 0.2) is 0 Å². The van der Waals surface area contributed by atoms with Gasteiger partial charge in [0.25, 0.3) is 0 Å². The van der Waals surface area contributed by atoms with E-state index in [0.717, 1.165) is 0 Å². The summed E-state index contributed by atoms with van der Waals surface area (Å²) in [6.07, 6.45) is 4.40. The number of thioether (sulfide) groups is 2. The Kier molecular flexibility index (Phi) is 7.51. The molecule has 0 amide bonds. The standard InChI is InChI=1S/C20H44N2S2/c1-15(2,21-17(5,6)19(9,10)23-13)16(3,4)22-18(7,8)20(11,12)24-14/h21-22H,1-14H3. The van der Waals surface area contributed by atoms with E-state index in [1.54, 1.807) is 0 Å². The van der Waals surface area contributed by atoms with E-state index in [1.807, 2.05) is 23.5 Å². The summed E-state index contributed by atoms with van der Waals surface area (Å²) in [5.41, 5.74) is -0.132. The van der Waals surface area contributed by atoms with Gasteiger partial charge in [-0.15, -0.1) is 0 Å². The van der Waals surface area contributed by atoms with Crippen molar-refractivity contribution in [3.05, 3.63) is 0 Å². The molecule has 0 aromatic rings. The van der Waals surface area contributed by atoms with Gasteiger partial charge in [0.05, 0.1) is 0 Å². The summed E-state index contributed by atoms with van der Waals surface area (Å²) in [6.45, 7) is 27.8. The number of rotatable bonds is 9. The Labute approximate surface area is 161 Å². The van der Waals surface area contributed by atoms with Crippen LogP contribution in [-0.2, 0) is 0 Å². The molecule has 24 heavy (non-hydrogen) atoms. The van der Waals surface area contributed by atoms with Gasteiger partial charge in [0.2, 0.25) is 0 Å². The summed E-state index contributed by atoms with van der Waals surface area (Å²) in [7, 11) is 0. The van der Waals surface area contributed by atoms with E-state index in [9.17, 15) is 0 Å². The maximum Gasteiger partial charge on any atom is 0.0307 e. The van der Waals surface area contributed by atoms with Crippen LogP contribution in [0.5, 0.6) is 0 Å². The van der Waals surface area contributed by atoms with Crippen molar-refractivity contribution in [3.8, 4) is 0 Å². The molecule has 0 fully saturated rings. The molecule has 146 valence electrons. The Bertz CT molecular complexity index is 381. The summed E-state index contributed by atoms with van der Waals surface area (Å²) >= 11 is 3.84. The van der Waals surface area contributed by atoms with Crippen LogP contribution in [0.4, 0.5) is 0 Å². The smallest absolute Gasteiger partial charge is 0.0307 e. The normalized spacial score (nSPS) is 15.8. The van der Waals surface area contributed by atoms with E-state index in [1.165, 1.54) is 0 Å². The number of hydrogen-bond donors (Lipinski definition) is 2. The van der Waals surface area contributed by atoms with Crippen LogP contribution in [-0.4, -0.2) is 44.2 Å². The van der Waals surface area contributed by atoms with Crippen molar-refractivity contribution in [2.24, 2.45) is 0 Å². The molecule has 0 aliphatic heterocycles. The summed E-state index contributed by atoms with van der Waals surface area (Å²) < 4.78 is 0.294. The van der Waals surface area contributed by atoms with Crippen LogP contribution in [0.25, 0.3) is 0 Å². The molecule has 0 aliphatic rings. The van der Waals surface area contributed by atoms with Gasteiger partial charge < -0.3 is 10.6 Å². The van der Waals surface area contributed by atoms with E-state index < -0.39 is 0 Å². The predicted molar refractivity (Wildman–Crippen MR) is 118 cm³/mol. The predicted octanol–water partition coefficient (Wildman–Crippen LogP) is 5.56. The lowest BCUT2D eigenvalue weighted by Crippen LogP contribution is -2.74. The van der Waals surface area contributed by atoms with Crippen molar-refractivity contribution in [1.82, 2.24) is 10.6 Å². The van der Waals surface area contributed by atoms with E-state index in [-0.39, 0.29) is 31.6 Å². The average molecular weight is 377 g/mol. The summed E-state index contributed by atoms with van der Waals surface area (Å²) in [5, 5.41) is 7.93. The van der Waals surface area contributed by atoms with Gasteiger partial charge in [0, 0.05) is 31.6 Å². The third kappa shape index (κ3) is 5.08. The van der Waals surface area contributed by atoms with Gasteiger partial charge in [0.15, 0.2) is 0 Å². The molecule has 2 nitrogen and oxygen atoms in total. The van der Waals surface area contributed by atoms with Crippen molar-refractivity contribution in [1.29, 1.82) is 0 Å². The molecular formula is C20H44N2S2. The summed E-state index contributed by atoms with van der Waals surface area (Å²) in [6, 6.07) is 0. The van der Waals surface area contributed by atoms with Crippen molar-refractivity contribution < 1.29 is 0 Å². The van der Waals surface area contributed by atoms with Crippen molar-refractivity contribution >= 4 is 23.5 Å². The Balaban J connectivity index is 5.55. The molecule has 0 saturated heterocycles. The Morgan fingerprint density at radius 3 is 0.792 bits per heavy atom. The minimum Gasteiger partial charge on any atom is -0.304 e. The zero-order valence-corrected chi connectivity index (χ0v) is 20.4. The second kappa shape index (κ2) is 7.32. The second-order valence-corrected chi connectivity index (χ2v) is 13.0. The van der Waals surface area contributed by atoms with Gasteiger partial charge in [-0.1, -0.05) is 0 Å². The molecule has 2 N–H and O–H groups in total. The lowest BCUT2D eigenvalue weighted by Gasteiger charge is -2.56.